The molecule has 0 aromatic rings. The van der Waals surface area contributed by atoms with E-state index in [0.717, 1.165) is 24.6 Å². The lowest BCUT2D eigenvalue weighted by atomic mass is 10.2. The van der Waals surface area contributed by atoms with Crippen molar-refractivity contribution in [1.82, 2.24) is 5.32 Å². The van der Waals surface area contributed by atoms with Crippen molar-refractivity contribution in [1.29, 1.82) is 0 Å². The van der Waals surface area contributed by atoms with Crippen LogP contribution in [0.1, 0.15) is 75.2 Å². The van der Waals surface area contributed by atoms with Crippen molar-refractivity contribution in [2.24, 2.45) is 5.92 Å². The second-order valence-electron chi connectivity index (χ2n) is 6.60. The SMILES string of the molecule is CC(C)C.CCC/C=C(/NC(C)C)OC(C)(C)C. The number of nitrogens with one attached hydrogen (secondary N) is 1. The Hall–Kier alpha value is -0.660. The molecule has 2 nitrogen and oxygen atoms in total. The first-order valence-corrected chi connectivity index (χ1v) is 7.24. The summed E-state index contributed by atoms with van der Waals surface area (Å²) in [4.78, 5) is 0. The lowest BCUT2D eigenvalue weighted by Gasteiger charge is -2.25. The standard InChI is InChI=1S/C12H25NO.C4H10/c1-7-8-9-11(13-10(2)3)14-12(4,5)6;1-4(2)3/h9-10,13H,7-8H2,1-6H3;4H,1-3H3/b11-9-;. The van der Waals surface area contributed by atoms with Crippen molar-refractivity contribution in [3.05, 3.63) is 12.0 Å². The van der Waals surface area contributed by atoms with Gasteiger partial charge in [-0.15, -0.1) is 0 Å². The van der Waals surface area contributed by atoms with Gasteiger partial charge in [-0.1, -0.05) is 34.1 Å². The van der Waals surface area contributed by atoms with Crippen LogP contribution < -0.4 is 5.32 Å². The van der Waals surface area contributed by atoms with Crippen LogP contribution in [0.4, 0.5) is 0 Å². The van der Waals surface area contributed by atoms with E-state index < -0.39 is 0 Å². The lowest BCUT2D eigenvalue weighted by Crippen LogP contribution is -2.29. The summed E-state index contributed by atoms with van der Waals surface area (Å²) in [6.07, 6.45) is 4.34. The molecule has 0 rings (SSSR count). The van der Waals surface area contributed by atoms with E-state index in [1.807, 2.05) is 0 Å². The van der Waals surface area contributed by atoms with Crippen LogP contribution in [0.2, 0.25) is 0 Å². The minimum absolute atomic E-state index is 0.124. The maximum atomic E-state index is 5.80. The van der Waals surface area contributed by atoms with E-state index in [1.165, 1.54) is 0 Å². The molecule has 0 aliphatic heterocycles. The van der Waals surface area contributed by atoms with Crippen LogP contribution in [0, 0.1) is 5.92 Å². The van der Waals surface area contributed by atoms with Gasteiger partial charge < -0.3 is 10.1 Å². The van der Waals surface area contributed by atoms with Crippen LogP contribution in [0.15, 0.2) is 12.0 Å². The van der Waals surface area contributed by atoms with Gasteiger partial charge in [-0.3, -0.25) is 0 Å². The van der Waals surface area contributed by atoms with E-state index in [2.05, 4.69) is 73.7 Å². The lowest BCUT2D eigenvalue weighted by molar-refractivity contribution is 0.0377. The van der Waals surface area contributed by atoms with Crippen molar-refractivity contribution < 1.29 is 4.74 Å². The zero-order valence-electron chi connectivity index (χ0n) is 14.1. The predicted molar refractivity (Wildman–Crippen MR) is 82.6 cm³/mol. The van der Waals surface area contributed by atoms with Crippen LogP contribution in [-0.4, -0.2) is 11.6 Å². The molecule has 0 heterocycles. The molecule has 0 saturated heterocycles. The summed E-state index contributed by atoms with van der Waals surface area (Å²) in [6, 6.07) is 0.417. The van der Waals surface area contributed by atoms with E-state index >= 15 is 0 Å². The normalized spacial score (nSPS) is 12.3. The van der Waals surface area contributed by atoms with Gasteiger partial charge in [-0.05, 0) is 53.0 Å². The van der Waals surface area contributed by atoms with Crippen molar-refractivity contribution in [3.63, 3.8) is 0 Å². The van der Waals surface area contributed by atoms with Crippen LogP contribution in [0.25, 0.3) is 0 Å². The number of rotatable bonds is 5. The molecule has 0 spiro atoms. The van der Waals surface area contributed by atoms with Crippen molar-refractivity contribution in [3.8, 4) is 0 Å². The molecule has 0 aliphatic carbocycles. The smallest absolute Gasteiger partial charge is 0.183 e. The summed E-state index contributed by atoms with van der Waals surface area (Å²) in [6.45, 7) is 19.1. The minimum atomic E-state index is -0.124. The van der Waals surface area contributed by atoms with Crippen LogP contribution >= 0.6 is 0 Å². The van der Waals surface area contributed by atoms with Gasteiger partial charge in [-0.25, -0.2) is 0 Å². The Kier molecular flexibility index (Phi) is 11.2. The summed E-state index contributed by atoms with van der Waals surface area (Å²) < 4.78 is 5.80. The first-order valence-electron chi connectivity index (χ1n) is 7.24. The number of hydrogen-bond acceptors (Lipinski definition) is 2. The van der Waals surface area contributed by atoms with E-state index in [0.29, 0.717) is 6.04 Å². The van der Waals surface area contributed by atoms with Crippen molar-refractivity contribution >= 4 is 0 Å². The van der Waals surface area contributed by atoms with Gasteiger partial charge in [0.2, 0.25) is 0 Å². The van der Waals surface area contributed by atoms with Crippen molar-refractivity contribution in [2.75, 3.05) is 0 Å². The summed E-state index contributed by atoms with van der Waals surface area (Å²) in [5.41, 5.74) is -0.124. The van der Waals surface area contributed by atoms with Gasteiger partial charge in [0.15, 0.2) is 5.88 Å². The molecule has 0 bridgehead atoms. The second kappa shape index (κ2) is 10.3. The first kappa shape index (κ1) is 19.7. The largest absolute Gasteiger partial charge is 0.474 e. The van der Waals surface area contributed by atoms with Gasteiger partial charge in [0.1, 0.15) is 5.60 Å². The highest BCUT2D eigenvalue weighted by Crippen LogP contribution is 2.13. The van der Waals surface area contributed by atoms with E-state index in [4.69, 9.17) is 4.74 Å². The molecule has 0 amide bonds. The average Bonchev–Trinajstić information content (AvgIpc) is 2.09. The van der Waals surface area contributed by atoms with Gasteiger partial charge in [0.05, 0.1) is 0 Å². The van der Waals surface area contributed by atoms with Crippen LogP contribution in [-0.2, 0) is 4.74 Å². The highest BCUT2D eigenvalue weighted by Gasteiger charge is 2.13. The van der Waals surface area contributed by atoms with Gasteiger partial charge in [-0.2, -0.15) is 0 Å². The Labute approximate surface area is 115 Å². The fourth-order valence-corrected chi connectivity index (χ4v) is 1.02. The zero-order chi connectivity index (χ0) is 14.8. The molecule has 0 unspecified atom stereocenters. The molecule has 2 heteroatoms. The summed E-state index contributed by atoms with van der Waals surface area (Å²) in [7, 11) is 0. The molecule has 0 atom stereocenters. The highest BCUT2D eigenvalue weighted by atomic mass is 16.5. The molecular formula is C16H35NO. The maximum Gasteiger partial charge on any atom is 0.183 e. The third-order valence-corrected chi connectivity index (χ3v) is 1.47. The Balaban J connectivity index is 0. The fraction of sp³-hybridized carbons (Fsp3) is 0.875. The number of unbranched alkanes of at least 4 members (excludes halogenated alkanes) is 1. The summed E-state index contributed by atoms with van der Waals surface area (Å²) in [5, 5.41) is 3.31. The number of ether oxygens (including phenoxy) is 1. The second-order valence-corrected chi connectivity index (χ2v) is 6.60. The Morgan fingerprint density at radius 1 is 1.11 bits per heavy atom. The van der Waals surface area contributed by atoms with Crippen LogP contribution in [0.5, 0.6) is 0 Å². The first-order chi connectivity index (χ1) is 8.08. The fourth-order valence-electron chi connectivity index (χ4n) is 1.02. The molecule has 110 valence electrons. The summed E-state index contributed by atoms with van der Waals surface area (Å²) >= 11 is 0. The Bertz CT molecular complexity index is 209. The van der Waals surface area contributed by atoms with Gasteiger partial charge in [0.25, 0.3) is 0 Å². The quantitative estimate of drug-likeness (QED) is 0.692. The molecule has 0 saturated carbocycles. The molecule has 0 radical (unpaired) electrons. The summed E-state index contributed by atoms with van der Waals surface area (Å²) in [5.74, 6) is 1.74. The van der Waals surface area contributed by atoms with Gasteiger partial charge in [0, 0.05) is 6.04 Å². The van der Waals surface area contributed by atoms with E-state index in [9.17, 15) is 0 Å². The molecule has 0 fully saturated rings. The Morgan fingerprint density at radius 2 is 1.56 bits per heavy atom. The monoisotopic (exact) mass is 257 g/mol. The molecule has 1 N–H and O–H groups in total. The van der Waals surface area contributed by atoms with E-state index in [1.54, 1.807) is 0 Å². The predicted octanol–water partition coefficient (Wildman–Crippen LogP) is 5.10. The third-order valence-electron chi connectivity index (χ3n) is 1.47. The Morgan fingerprint density at radius 3 is 1.83 bits per heavy atom. The van der Waals surface area contributed by atoms with Crippen molar-refractivity contribution in [2.45, 2.75) is 86.8 Å². The number of hydrogen-bond donors (Lipinski definition) is 1. The maximum absolute atomic E-state index is 5.80. The third kappa shape index (κ3) is 20.7. The van der Waals surface area contributed by atoms with E-state index in [-0.39, 0.29) is 5.60 Å². The number of allylic oxidation sites excluding steroid dienone is 1. The van der Waals surface area contributed by atoms with Crippen LogP contribution in [0.3, 0.4) is 0 Å². The van der Waals surface area contributed by atoms with Gasteiger partial charge >= 0.3 is 0 Å². The highest BCUT2D eigenvalue weighted by molar-refractivity contribution is 4.93. The molecule has 0 aromatic heterocycles. The molecule has 0 aliphatic rings. The molecular weight excluding hydrogens is 222 g/mol. The average molecular weight is 257 g/mol. The zero-order valence-corrected chi connectivity index (χ0v) is 14.1. The molecule has 0 aromatic carbocycles. The topological polar surface area (TPSA) is 21.3 Å². The minimum Gasteiger partial charge on any atom is -0.474 e. The molecule has 18 heavy (non-hydrogen) atoms.